The molecule has 0 amide bonds. The van der Waals surface area contributed by atoms with Crippen molar-refractivity contribution in [2.24, 2.45) is 0 Å². The number of hydrogen-bond acceptors (Lipinski definition) is 5. The number of thiophene rings is 1. The highest BCUT2D eigenvalue weighted by atomic mass is 32.1. The number of para-hydroxylation sites is 2. The van der Waals surface area contributed by atoms with Gasteiger partial charge in [-0.2, -0.15) is 0 Å². The minimum atomic E-state index is 0.626. The molecule has 0 aliphatic rings. The second-order valence-corrected chi connectivity index (χ2v) is 13.9. The smallest absolute Gasteiger partial charge is 0.164 e. The van der Waals surface area contributed by atoms with Gasteiger partial charge in [0, 0.05) is 64.1 Å². The molecule has 0 saturated heterocycles. The molecule has 0 saturated carbocycles. The Hall–Kier alpha value is -6.63. The molecule has 11 aromatic rings. The van der Waals surface area contributed by atoms with Gasteiger partial charge in [0.25, 0.3) is 0 Å². The summed E-state index contributed by atoms with van der Waals surface area (Å²) < 4.78 is 11.1. The highest BCUT2D eigenvalue weighted by Crippen LogP contribution is 2.42. The van der Waals surface area contributed by atoms with Crippen molar-refractivity contribution in [2.45, 2.75) is 0 Å². The van der Waals surface area contributed by atoms with Gasteiger partial charge in [-0.1, -0.05) is 109 Å². The standard InChI is InChI=1S/C45H26N4OS/c1-2-11-27(12-3-1)43-46-44(48-45(47-43)29-21-22-32-31-15-6-9-20-39(31)51-40(32)26-29)28-13-10-14-30(25-28)49-35-18-7-4-16-33(35)41-36(49)23-24-38-42(41)34-17-5-8-19-37(34)50-38/h1-26H. The quantitative estimate of drug-likeness (QED) is 0.187. The van der Waals surface area contributed by atoms with E-state index in [2.05, 4.69) is 120 Å². The van der Waals surface area contributed by atoms with Crippen LogP contribution in [0.2, 0.25) is 0 Å². The summed E-state index contributed by atoms with van der Waals surface area (Å²) in [5.41, 5.74) is 7.87. The molecule has 11 rings (SSSR count). The van der Waals surface area contributed by atoms with Gasteiger partial charge in [-0.25, -0.2) is 15.0 Å². The van der Waals surface area contributed by atoms with Crippen LogP contribution in [0.5, 0.6) is 0 Å². The second kappa shape index (κ2) is 10.9. The van der Waals surface area contributed by atoms with E-state index in [0.29, 0.717) is 17.5 Å². The number of furan rings is 1. The number of nitrogens with zero attached hydrogens (tertiary/aromatic N) is 4. The lowest BCUT2D eigenvalue weighted by molar-refractivity contribution is 0.669. The maximum Gasteiger partial charge on any atom is 0.164 e. The van der Waals surface area contributed by atoms with Gasteiger partial charge in [0.1, 0.15) is 11.2 Å². The number of fused-ring (bicyclic) bond motifs is 10. The van der Waals surface area contributed by atoms with Crippen molar-refractivity contribution in [2.75, 3.05) is 0 Å². The SMILES string of the molecule is c1ccc(-c2nc(-c3cccc(-n4c5ccccc5c5c6c(ccc54)oc4ccccc46)c3)nc(-c3ccc4c(c3)sc3ccccc34)n2)cc1. The molecule has 238 valence electrons. The average molecular weight is 671 g/mol. The molecule has 4 heterocycles. The lowest BCUT2D eigenvalue weighted by Gasteiger charge is -2.11. The first kappa shape index (κ1) is 28.2. The Morgan fingerprint density at radius 1 is 0.412 bits per heavy atom. The molecule has 0 radical (unpaired) electrons. The molecule has 0 spiro atoms. The van der Waals surface area contributed by atoms with E-state index >= 15 is 0 Å². The summed E-state index contributed by atoms with van der Waals surface area (Å²) in [6.45, 7) is 0. The summed E-state index contributed by atoms with van der Waals surface area (Å²) >= 11 is 1.80. The first-order valence-corrected chi connectivity index (χ1v) is 17.8. The molecule has 51 heavy (non-hydrogen) atoms. The average Bonchev–Trinajstić information content (AvgIpc) is 3.87. The molecule has 0 aliphatic heterocycles. The predicted octanol–water partition coefficient (Wildman–Crippen LogP) is 12.2. The Bertz CT molecular complexity index is 3150. The Morgan fingerprint density at radius 2 is 1.08 bits per heavy atom. The third-order valence-corrected chi connectivity index (χ3v) is 11.0. The van der Waals surface area contributed by atoms with Crippen LogP contribution in [0.3, 0.4) is 0 Å². The van der Waals surface area contributed by atoms with Crippen LogP contribution in [0.1, 0.15) is 0 Å². The summed E-state index contributed by atoms with van der Waals surface area (Å²) in [5, 5.41) is 7.14. The minimum Gasteiger partial charge on any atom is -0.456 e. The van der Waals surface area contributed by atoms with Crippen molar-refractivity contribution in [3.05, 3.63) is 158 Å². The van der Waals surface area contributed by atoms with E-state index in [0.717, 1.165) is 55.3 Å². The minimum absolute atomic E-state index is 0.626. The summed E-state index contributed by atoms with van der Waals surface area (Å²) in [5.74, 6) is 1.92. The summed E-state index contributed by atoms with van der Waals surface area (Å²) in [6, 6.07) is 54.9. The maximum absolute atomic E-state index is 6.30. The van der Waals surface area contributed by atoms with Crippen LogP contribution in [0.4, 0.5) is 0 Å². The van der Waals surface area contributed by atoms with E-state index in [1.54, 1.807) is 11.3 Å². The van der Waals surface area contributed by atoms with Gasteiger partial charge in [-0.3, -0.25) is 0 Å². The maximum atomic E-state index is 6.30. The molecule has 4 aromatic heterocycles. The van der Waals surface area contributed by atoms with Crippen LogP contribution < -0.4 is 0 Å². The molecular formula is C45H26N4OS. The Kier molecular flexibility index (Phi) is 6.05. The zero-order chi connectivity index (χ0) is 33.5. The van der Waals surface area contributed by atoms with Gasteiger partial charge >= 0.3 is 0 Å². The molecule has 5 nitrogen and oxygen atoms in total. The van der Waals surface area contributed by atoms with Gasteiger partial charge in [-0.05, 0) is 48.5 Å². The Labute approximate surface area is 295 Å². The molecule has 0 atom stereocenters. The zero-order valence-electron chi connectivity index (χ0n) is 27.1. The van der Waals surface area contributed by atoms with E-state index in [4.69, 9.17) is 19.4 Å². The van der Waals surface area contributed by atoms with Gasteiger partial charge in [0.2, 0.25) is 0 Å². The molecule has 0 N–H and O–H groups in total. The second-order valence-electron chi connectivity index (χ2n) is 12.8. The summed E-state index contributed by atoms with van der Waals surface area (Å²) in [7, 11) is 0. The zero-order valence-corrected chi connectivity index (χ0v) is 27.9. The number of benzene rings is 7. The lowest BCUT2D eigenvalue weighted by atomic mass is 10.1. The van der Waals surface area contributed by atoms with Gasteiger partial charge in [0.15, 0.2) is 17.5 Å². The predicted molar refractivity (Wildman–Crippen MR) is 211 cm³/mol. The highest BCUT2D eigenvalue weighted by molar-refractivity contribution is 7.25. The van der Waals surface area contributed by atoms with Crippen molar-refractivity contribution in [1.29, 1.82) is 0 Å². The highest BCUT2D eigenvalue weighted by Gasteiger charge is 2.20. The lowest BCUT2D eigenvalue weighted by Crippen LogP contribution is -2.01. The first-order valence-electron chi connectivity index (χ1n) is 16.9. The molecule has 0 fully saturated rings. The van der Waals surface area contributed by atoms with Crippen LogP contribution in [-0.4, -0.2) is 19.5 Å². The molecular weight excluding hydrogens is 645 g/mol. The van der Waals surface area contributed by atoms with Crippen LogP contribution >= 0.6 is 11.3 Å². The monoisotopic (exact) mass is 670 g/mol. The molecule has 0 aliphatic carbocycles. The first-order chi connectivity index (χ1) is 25.3. The number of hydrogen-bond donors (Lipinski definition) is 0. The van der Waals surface area contributed by atoms with E-state index in [-0.39, 0.29) is 0 Å². The fourth-order valence-electron chi connectivity index (χ4n) is 7.55. The largest absolute Gasteiger partial charge is 0.456 e. The van der Waals surface area contributed by atoms with Gasteiger partial charge in [-0.15, -0.1) is 11.3 Å². The third kappa shape index (κ3) is 4.37. The fourth-order valence-corrected chi connectivity index (χ4v) is 8.70. The van der Waals surface area contributed by atoms with Gasteiger partial charge < -0.3 is 8.98 Å². The Morgan fingerprint density at radius 3 is 1.94 bits per heavy atom. The molecule has 6 heteroatoms. The normalized spacial score (nSPS) is 11.9. The fraction of sp³-hybridized carbons (Fsp3) is 0. The van der Waals surface area contributed by atoms with Crippen molar-refractivity contribution >= 4 is 75.3 Å². The van der Waals surface area contributed by atoms with Gasteiger partial charge in [0.05, 0.1) is 11.0 Å². The van der Waals surface area contributed by atoms with E-state index in [1.165, 1.54) is 30.9 Å². The van der Waals surface area contributed by atoms with E-state index < -0.39 is 0 Å². The number of rotatable bonds is 4. The molecule has 0 bridgehead atoms. The van der Waals surface area contributed by atoms with Crippen LogP contribution in [0, 0.1) is 0 Å². The Balaban J connectivity index is 1.12. The van der Waals surface area contributed by atoms with Crippen molar-refractivity contribution in [3.63, 3.8) is 0 Å². The third-order valence-electron chi connectivity index (χ3n) is 9.84. The van der Waals surface area contributed by atoms with E-state index in [1.807, 2.05) is 42.5 Å². The molecule has 0 unspecified atom stereocenters. The van der Waals surface area contributed by atoms with Crippen LogP contribution in [0.15, 0.2) is 162 Å². The topological polar surface area (TPSA) is 56.7 Å². The number of aromatic nitrogens is 4. The van der Waals surface area contributed by atoms with E-state index in [9.17, 15) is 0 Å². The van der Waals surface area contributed by atoms with Crippen molar-refractivity contribution < 1.29 is 4.42 Å². The van der Waals surface area contributed by atoms with Crippen LogP contribution in [-0.2, 0) is 0 Å². The summed E-state index contributed by atoms with van der Waals surface area (Å²) in [6.07, 6.45) is 0. The van der Waals surface area contributed by atoms with Crippen LogP contribution in [0.25, 0.3) is 104 Å². The summed E-state index contributed by atoms with van der Waals surface area (Å²) in [4.78, 5) is 15.2. The van der Waals surface area contributed by atoms with Crippen molar-refractivity contribution in [3.8, 4) is 39.9 Å². The van der Waals surface area contributed by atoms with Crippen molar-refractivity contribution in [1.82, 2.24) is 19.5 Å². The molecule has 7 aromatic carbocycles.